The molecule has 0 radical (unpaired) electrons. The van der Waals surface area contributed by atoms with Crippen LogP contribution in [0, 0.1) is 0 Å². The summed E-state index contributed by atoms with van der Waals surface area (Å²) in [6.45, 7) is 2.00. The van der Waals surface area contributed by atoms with Crippen molar-refractivity contribution in [2.45, 2.75) is 57.6 Å². The van der Waals surface area contributed by atoms with E-state index in [1.54, 1.807) is 21.2 Å². The molecular formula is C14H31N2O3PS. The van der Waals surface area contributed by atoms with Crippen LogP contribution in [0.2, 0.25) is 0 Å². The number of rotatable bonds is 12. The summed E-state index contributed by atoms with van der Waals surface area (Å²) >= 11 is 1.37. The fraction of sp³-hybridized carbons (Fsp3) is 0.929. The van der Waals surface area contributed by atoms with Crippen molar-refractivity contribution < 1.29 is 14.1 Å². The molecule has 0 bridgehead atoms. The summed E-state index contributed by atoms with van der Waals surface area (Å²) in [7, 11) is 4.99. The number of methoxy groups -OCH3 is 1. The van der Waals surface area contributed by atoms with Gasteiger partial charge in [-0.3, -0.25) is 14.0 Å². The van der Waals surface area contributed by atoms with Gasteiger partial charge in [0, 0.05) is 32.4 Å². The van der Waals surface area contributed by atoms with Gasteiger partial charge in [0.05, 0.1) is 0 Å². The maximum absolute atomic E-state index is 12.8. The Hall–Kier alpha value is -0.0300. The first kappa shape index (κ1) is 21.0. The Labute approximate surface area is 133 Å². The van der Waals surface area contributed by atoms with Crippen LogP contribution in [0.1, 0.15) is 52.4 Å². The Kier molecular flexibility index (Phi) is 11.5. The monoisotopic (exact) mass is 338 g/mol. The molecule has 126 valence electrons. The number of ether oxygens (including phenoxy) is 1. The predicted molar refractivity (Wildman–Crippen MR) is 91.7 cm³/mol. The lowest BCUT2D eigenvalue weighted by atomic mass is 10.1. The highest BCUT2D eigenvalue weighted by Gasteiger charge is 2.31. The number of amides is 1. The lowest BCUT2D eigenvalue weighted by Gasteiger charge is -2.28. The molecule has 2 atom stereocenters. The average Bonchev–Trinajstić information content (AvgIpc) is 2.49. The van der Waals surface area contributed by atoms with Crippen molar-refractivity contribution in [3.8, 4) is 0 Å². The maximum Gasteiger partial charge on any atom is 0.294 e. The molecule has 0 spiro atoms. The van der Waals surface area contributed by atoms with Gasteiger partial charge in [-0.15, -0.1) is 0 Å². The molecule has 0 heterocycles. The minimum atomic E-state index is -2.86. The number of hydrogen-bond donors (Lipinski definition) is 1. The zero-order valence-corrected chi connectivity index (χ0v) is 15.8. The lowest BCUT2D eigenvalue weighted by Crippen LogP contribution is -2.28. The van der Waals surface area contributed by atoms with E-state index in [0.29, 0.717) is 6.42 Å². The standard InChI is InChI=1S/C14H31N2O3PS/c1-6-13(2)21-20(18,15-3)16(4)14(17)11-9-7-8-10-12-19-5/h13H,6-12H2,1-5H3,(H,15,18). The second-order valence-electron chi connectivity index (χ2n) is 5.14. The third kappa shape index (κ3) is 8.24. The molecule has 0 aromatic rings. The average molecular weight is 338 g/mol. The number of unbranched alkanes of at least 4 members (excludes halogenated alkanes) is 3. The summed E-state index contributed by atoms with van der Waals surface area (Å²) in [5.74, 6) is -0.0461. The fourth-order valence-electron chi connectivity index (χ4n) is 1.78. The predicted octanol–water partition coefficient (Wildman–Crippen LogP) is 3.90. The quantitative estimate of drug-likeness (QED) is 0.432. The van der Waals surface area contributed by atoms with E-state index in [9.17, 15) is 9.36 Å². The van der Waals surface area contributed by atoms with Crippen molar-refractivity contribution in [1.82, 2.24) is 9.76 Å². The van der Waals surface area contributed by atoms with E-state index in [2.05, 4.69) is 12.0 Å². The Morgan fingerprint density at radius 3 is 2.48 bits per heavy atom. The molecule has 0 rings (SSSR count). The minimum absolute atomic E-state index is 0.0461. The van der Waals surface area contributed by atoms with Crippen LogP contribution in [0.5, 0.6) is 0 Å². The highest BCUT2D eigenvalue weighted by atomic mass is 32.7. The third-order valence-corrected chi connectivity index (χ3v) is 9.20. The Bertz CT molecular complexity index is 342. The van der Waals surface area contributed by atoms with Crippen LogP contribution in [-0.2, 0) is 14.1 Å². The van der Waals surface area contributed by atoms with Gasteiger partial charge < -0.3 is 4.74 Å². The summed E-state index contributed by atoms with van der Waals surface area (Å²) in [5.41, 5.74) is 0. The fourth-order valence-corrected chi connectivity index (χ4v) is 6.28. The smallest absolute Gasteiger partial charge is 0.294 e. The molecule has 2 unspecified atom stereocenters. The number of nitrogens with zero attached hydrogens (tertiary/aromatic N) is 1. The molecular weight excluding hydrogens is 307 g/mol. The summed E-state index contributed by atoms with van der Waals surface area (Å²) in [5, 5.41) is 3.11. The molecule has 7 heteroatoms. The van der Waals surface area contributed by atoms with E-state index in [0.717, 1.165) is 38.7 Å². The highest BCUT2D eigenvalue weighted by molar-refractivity contribution is 8.57. The summed E-state index contributed by atoms with van der Waals surface area (Å²) < 4.78 is 19.2. The summed E-state index contributed by atoms with van der Waals surface area (Å²) in [6.07, 6.45) is 5.32. The van der Waals surface area contributed by atoms with Gasteiger partial charge in [0.1, 0.15) is 0 Å². The van der Waals surface area contributed by atoms with Crippen LogP contribution < -0.4 is 5.09 Å². The van der Waals surface area contributed by atoms with Crippen LogP contribution >= 0.6 is 18.0 Å². The second kappa shape index (κ2) is 11.5. The van der Waals surface area contributed by atoms with E-state index in [1.807, 2.05) is 6.92 Å². The molecule has 0 fully saturated rings. The van der Waals surface area contributed by atoms with Crippen LogP contribution in [0.15, 0.2) is 0 Å². The summed E-state index contributed by atoms with van der Waals surface area (Å²) in [6, 6.07) is 0. The van der Waals surface area contributed by atoms with Gasteiger partial charge >= 0.3 is 0 Å². The molecule has 0 aromatic heterocycles. The molecule has 0 aliphatic heterocycles. The molecule has 0 aromatic carbocycles. The van der Waals surface area contributed by atoms with Crippen molar-refractivity contribution in [2.24, 2.45) is 0 Å². The van der Waals surface area contributed by atoms with E-state index in [-0.39, 0.29) is 11.2 Å². The molecule has 5 nitrogen and oxygen atoms in total. The van der Waals surface area contributed by atoms with Gasteiger partial charge in [-0.25, -0.2) is 5.09 Å². The maximum atomic E-state index is 12.8. The van der Waals surface area contributed by atoms with Crippen molar-refractivity contribution in [3.63, 3.8) is 0 Å². The van der Waals surface area contributed by atoms with Gasteiger partial charge in [-0.1, -0.05) is 38.1 Å². The normalized spacial score (nSPS) is 15.5. The SMILES string of the molecule is CCC(C)SP(=O)(NC)N(C)C(=O)CCCCCCOC. The third-order valence-electron chi connectivity index (χ3n) is 3.43. The highest BCUT2D eigenvalue weighted by Crippen LogP contribution is 2.59. The van der Waals surface area contributed by atoms with E-state index in [1.165, 1.54) is 16.1 Å². The van der Waals surface area contributed by atoms with Gasteiger partial charge in [0.2, 0.25) is 5.91 Å². The first-order valence-electron chi connectivity index (χ1n) is 7.64. The first-order chi connectivity index (χ1) is 9.91. The number of nitrogens with one attached hydrogen (secondary N) is 1. The van der Waals surface area contributed by atoms with E-state index in [4.69, 9.17) is 4.74 Å². The topological polar surface area (TPSA) is 58.6 Å². The van der Waals surface area contributed by atoms with E-state index < -0.39 is 6.65 Å². The molecule has 21 heavy (non-hydrogen) atoms. The molecule has 0 saturated heterocycles. The van der Waals surface area contributed by atoms with Crippen molar-refractivity contribution in [2.75, 3.05) is 27.8 Å². The number of carbonyl (C=O) groups is 1. The molecule has 0 aliphatic rings. The van der Waals surface area contributed by atoms with Gasteiger partial charge in [0.25, 0.3) is 6.65 Å². The summed E-state index contributed by atoms with van der Waals surface area (Å²) in [4.78, 5) is 12.2. The molecule has 1 amide bonds. The Balaban J connectivity index is 4.23. The van der Waals surface area contributed by atoms with Crippen molar-refractivity contribution in [3.05, 3.63) is 0 Å². The number of carbonyl (C=O) groups excluding carboxylic acids is 1. The zero-order chi connectivity index (χ0) is 16.3. The van der Waals surface area contributed by atoms with Crippen LogP contribution in [0.4, 0.5) is 0 Å². The van der Waals surface area contributed by atoms with Crippen LogP contribution in [-0.4, -0.2) is 43.6 Å². The van der Waals surface area contributed by atoms with Crippen LogP contribution in [0.3, 0.4) is 0 Å². The molecule has 0 aliphatic carbocycles. The lowest BCUT2D eigenvalue weighted by molar-refractivity contribution is -0.125. The Morgan fingerprint density at radius 1 is 1.33 bits per heavy atom. The van der Waals surface area contributed by atoms with Gasteiger partial charge in [-0.05, 0) is 26.3 Å². The van der Waals surface area contributed by atoms with Gasteiger partial charge in [0.15, 0.2) is 0 Å². The number of hydrogen-bond acceptors (Lipinski definition) is 4. The van der Waals surface area contributed by atoms with E-state index >= 15 is 0 Å². The largest absolute Gasteiger partial charge is 0.385 e. The molecule has 1 N–H and O–H groups in total. The van der Waals surface area contributed by atoms with Crippen LogP contribution in [0.25, 0.3) is 0 Å². The first-order valence-corrected chi connectivity index (χ1v) is 10.8. The minimum Gasteiger partial charge on any atom is -0.385 e. The second-order valence-corrected chi connectivity index (χ2v) is 10.4. The Morgan fingerprint density at radius 2 is 1.95 bits per heavy atom. The van der Waals surface area contributed by atoms with Crippen molar-refractivity contribution >= 4 is 23.9 Å². The van der Waals surface area contributed by atoms with Crippen molar-refractivity contribution in [1.29, 1.82) is 0 Å². The zero-order valence-electron chi connectivity index (χ0n) is 14.1. The van der Waals surface area contributed by atoms with Gasteiger partial charge in [-0.2, -0.15) is 0 Å². The molecule has 0 saturated carbocycles.